The second-order valence-electron chi connectivity index (χ2n) is 6.35. The van der Waals surface area contributed by atoms with Gasteiger partial charge in [-0.2, -0.15) is 10.1 Å². The van der Waals surface area contributed by atoms with Crippen molar-refractivity contribution in [2.24, 2.45) is 0 Å². The SMILES string of the molecule is CNC[C@@H]1CN(c2nccc(Nc3cc(C4CC4)[nH]n3)n2)CCO1. The fraction of sp³-hybridized carbons (Fsp3) is 0.562. The van der Waals surface area contributed by atoms with Crippen molar-refractivity contribution in [1.82, 2.24) is 25.5 Å². The fourth-order valence-electron chi connectivity index (χ4n) is 2.96. The molecule has 1 saturated carbocycles. The van der Waals surface area contributed by atoms with Gasteiger partial charge in [-0.1, -0.05) is 0 Å². The maximum absolute atomic E-state index is 5.74. The average Bonchev–Trinajstić information content (AvgIpc) is 3.36. The number of nitrogens with one attached hydrogen (secondary N) is 3. The molecule has 0 spiro atoms. The van der Waals surface area contributed by atoms with Gasteiger partial charge < -0.3 is 20.3 Å². The molecule has 8 nitrogen and oxygen atoms in total. The van der Waals surface area contributed by atoms with Crippen molar-refractivity contribution in [2.45, 2.75) is 24.9 Å². The van der Waals surface area contributed by atoms with Gasteiger partial charge in [0.15, 0.2) is 5.82 Å². The predicted octanol–water partition coefficient (Wildman–Crippen LogP) is 1.25. The van der Waals surface area contributed by atoms with Crippen LogP contribution in [0.2, 0.25) is 0 Å². The summed E-state index contributed by atoms with van der Waals surface area (Å²) in [5.41, 5.74) is 1.20. The van der Waals surface area contributed by atoms with Gasteiger partial charge in [0.05, 0.1) is 12.7 Å². The summed E-state index contributed by atoms with van der Waals surface area (Å²) < 4.78 is 5.74. The first-order valence-corrected chi connectivity index (χ1v) is 8.48. The molecule has 128 valence electrons. The van der Waals surface area contributed by atoms with Gasteiger partial charge in [0.1, 0.15) is 5.82 Å². The van der Waals surface area contributed by atoms with Crippen LogP contribution in [-0.2, 0) is 4.74 Å². The molecule has 1 aliphatic carbocycles. The Morgan fingerprint density at radius 2 is 2.29 bits per heavy atom. The van der Waals surface area contributed by atoms with Crippen LogP contribution in [0.5, 0.6) is 0 Å². The Hall–Kier alpha value is -2.19. The molecule has 0 bridgehead atoms. The summed E-state index contributed by atoms with van der Waals surface area (Å²) in [6.45, 7) is 3.11. The maximum Gasteiger partial charge on any atom is 0.227 e. The Morgan fingerprint density at radius 1 is 1.38 bits per heavy atom. The summed E-state index contributed by atoms with van der Waals surface area (Å²) in [4.78, 5) is 11.2. The molecule has 8 heteroatoms. The second kappa shape index (κ2) is 6.74. The van der Waals surface area contributed by atoms with E-state index in [0.29, 0.717) is 12.5 Å². The zero-order valence-corrected chi connectivity index (χ0v) is 13.8. The average molecular weight is 329 g/mol. The van der Waals surface area contributed by atoms with E-state index >= 15 is 0 Å². The number of ether oxygens (including phenoxy) is 1. The van der Waals surface area contributed by atoms with Crippen molar-refractivity contribution < 1.29 is 4.74 Å². The smallest absolute Gasteiger partial charge is 0.227 e. The van der Waals surface area contributed by atoms with Crippen LogP contribution in [0.15, 0.2) is 18.3 Å². The van der Waals surface area contributed by atoms with Crippen molar-refractivity contribution in [2.75, 3.05) is 43.5 Å². The van der Waals surface area contributed by atoms with E-state index in [4.69, 9.17) is 4.74 Å². The van der Waals surface area contributed by atoms with Gasteiger partial charge in [-0.25, -0.2) is 4.98 Å². The third-order valence-electron chi connectivity index (χ3n) is 4.37. The lowest BCUT2D eigenvalue weighted by Crippen LogP contribution is -2.46. The van der Waals surface area contributed by atoms with Crippen LogP contribution in [0.4, 0.5) is 17.6 Å². The molecule has 1 atom stereocenters. The standard InChI is InChI=1S/C16H23N7O/c1-17-9-12-10-23(6-7-24-12)16-18-5-4-14(20-16)19-15-8-13(21-22-15)11-2-3-11/h4-5,8,11-12,17H,2-3,6-7,9-10H2,1H3,(H2,18,19,20,21,22)/t12-/m1/s1. The van der Waals surface area contributed by atoms with E-state index in [1.807, 2.05) is 13.1 Å². The molecule has 2 fully saturated rings. The minimum Gasteiger partial charge on any atom is -0.373 e. The summed E-state index contributed by atoms with van der Waals surface area (Å²) in [7, 11) is 1.93. The first kappa shape index (κ1) is 15.3. The monoisotopic (exact) mass is 329 g/mol. The van der Waals surface area contributed by atoms with Crippen LogP contribution >= 0.6 is 0 Å². The molecule has 2 aromatic rings. The Kier molecular flexibility index (Phi) is 4.31. The number of aromatic amines is 1. The number of aromatic nitrogens is 4. The Morgan fingerprint density at radius 3 is 3.12 bits per heavy atom. The Labute approximate surface area is 141 Å². The first-order chi connectivity index (χ1) is 11.8. The van der Waals surface area contributed by atoms with Gasteiger partial charge in [-0.3, -0.25) is 5.10 Å². The van der Waals surface area contributed by atoms with Crippen molar-refractivity contribution in [3.05, 3.63) is 24.0 Å². The fourth-order valence-corrected chi connectivity index (χ4v) is 2.96. The molecular formula is C16H23N7O. The summed E-state index contributed by atoms with van der Waals surface area (Å²) in [6.07, 6.45) is 4.45. The topological polar surface area (TPSA) is 91.0 Å². The molecule has 0 radical (unpaired) electrons. The highest BCUT2D eigenvalue weighted by Crippen LogP contribution is 2.39. The number of anilines is 3. The van der Waals surface area contributed by atoms with Crippen molar-refractivity contribution in [3.63, 3.8) is 0 Å². The molecule has 1 saturated heterocycles. The molecule has 0 unspecified atom stereocenters. The minimum absolute atomic E-state index is 0.163. The normalized spacial score (nSPS) is 21.0. The third-order valence-corrected chi connectivity index (χ3v) is 4.37. The number of likely N-dealkylation sites (N-methyl/N-ethyl adjacent to an activating group) is 1. The van der Waals surface area contributed by atoms with E-state index in [2.05, 4.69) is 41.8 Å². The number of rotatable bonds is 6. The number of morpholine rings is 1. The van der Waals surface area contributed by atoms with Gasteiger partial charge in [0, 0.05) is 43.5 Å². The lowest BCUT2D eigenvalue weighted by Gasteiger charge is -2.32. The van der Waals surface area contributed by atoms with Crippen LogP contribution in [0, 0.1) is 0 Å². The molecule has 2 aromatic heterocycles. The van der Waals surface area contributed by atoms with Crippen LogP contribution in [0.3, 0.4) is 0 Å². The van der Waals surface area contributed by atoms with Crippen molar-refractivity contribution >= 4 is 17.6 Å². The molecular weight excluding hydrogens is 306 g/mol. The number of nitrogens with zero attached hydrogens (tertiary/aromatic N) is 4. The Bertz CT molecular complexity index is 683. The highest BCUT2D eigenvalue weighted by molar-refractivity contribution is 5.53. The van der Waals surface area contributed by atoms with Crippen molar-refractivity contribution in [1.29, 1.82) is 0 Å². The summed E-state index contributed by atoms with van der Waals surface area (Å²) in [5, 5.41) is 13.8. The van der Waals surface area contributed by atoms with E-state index in [0.717, 1.165) is 37.2 Å². The van der Waals surface area contributed by atoms with Crippen LogP contribution in [0.1, 0.15) is 24.5 Å². The lowest BCUT2D eigenvalue weighted by molar-refractivity contribution is 0.0416. The van der Waals surface area contributed by atoms with E-state index in [9.17, 15) is 0 Å². The zero-order valence-electron chi connectivity index (χ0n) is 13.8. The van der Waals surface area contributed by atoms with E-state index in [1.54, 1.807) is 6.20 Å². The largest absolute Gasteiger partial charge is 0.373 e. The van der Waals surface area contributed by atoms with Gasteiger partial charge in [-0.15, -0.1) is 0 Å². The third kappa shape index (κ3) is 3.49. The quantitative estimate of drug-likeness (QED) is 0.734. The summed E-state index contributed by atoms with van der Waals surface area (Å²) in [5.74, 6) is 2.94. The number of hydrogen-bond acceptors (Lipinski definition) is 7. The van der Waals surface area contributed by atoms with Gasteiger partial charge in [0.25, 0.3) is 0 Å². The van der Waals surface area contributed by atoms with Gasteiger partial charge >= 0.3 is 0 Å². The van der Waals surface area contributed by atoms with E-state index < -0.39 is 0 Å². The first-order valence-electron chi connectivity index (χ1n) is 8.48. The van der Waals surface area contributed by atoms with E-state index in [1.165, 1.54) is 18.5 Å². The van der Waals surface area contributed by atoms with Crippen LogP contribution in [-0.4, -0.2) is 59.6 Å². The van der Waals surface area contributed by atoms with Gasteiger partial charge in [-0.05, 0) is 26.0 Å². The molecule has 4 rings (SSSR count). The number of H-pyrrole nitrogens is 1. The maximum atomic E-state index is 5.74. The Balaban J connectivity index is 1.44. The van der Waals surface area contributed by atoms with E-state index in [-0.39, 0.29) is 6.10 Å². The van der Waals surface area contributed by atoms with Crippen molar-refractivity contribution in [3.8, 4) is 0 Å². The molecule has 24 heavy (non-hydrogen) atoms. The van der Waals surface area contributed by atoms with Gasteiger partial charge in [0.2, 0.25) is 5.95 Å². The summed E-state index contributed by atoms with van der Waals surface area (Å²) >= 11 is 0. The molecule has 3 N–H and O–H groups in total. The van der Waals surface area contributed by atoms with Crippen LogP contribution in [0.25, 0.3) is 0 Å². The second-order valence-corrected chi connectivity index (χ2v) is 6.35. The zero-order chi connectivity index (χ0) is 16.4. The molecule has 2 aliphatic rings. The minimum atomic E-state index is 0.163. The predicted molar refractivity (Wildman–Crippen MR) is 91.8 cm³/mol. The molecule has 1 aliphatic heterocycles. The van der Waals surface area contributed by atoms with Crippen LogP contribution < -0.4 is 15.5 Å². The molecule has 0 amide bonds. The highest BCUT2D eigenvalue weighted by Gasteiger charge is 2.25. The molecule has 3 heterocycles. The summed E-state index contributed by atoms with van der Waals surface area (Å²) in [6, 6.07) is 3.93. The highest BCUT2D eigenvalue weighted by atomic mass is 16.5. The number of hydrogen-bond donors (Lipinski definition) is 3. The molecule has 0 aromatic carbocycles. The lowest BCUT2D eigenvalue weighted by atomic mass is 10.3.